The zero-order chi connectivity index (χ0) is 6.85. The number of hydrogen-bond acceptors (Lipinski definition) is 1. The smallest absolute Gasteiger partial charge is 0.246 e. The Hall–Kier alpha value is -0.240. The molecule has 0 aliphatic carbocycles. The lowest BCUT2D eigenvalue weighted by Crippen LogP contribution is -2.15. The van der Waals surface area contributed by atoms with Crippen LogP contribution in [-0.4, -0.2) is 15.6 Å². The molecule has 0 aromatic heterocycles. The van der Waals surface area contributed by atoms with Gasteiger partial charge in [0.05, 0.1) is 22.9 Å². The number of terminal acetylenes is 1. The van der Waals surface area contributed by atoms with Crippen molar-refractivity contribution in [3.8, 4) is 12.3 Å². The summed E-state index contributed by atoms with van der Waals surface area (Å²) in [7, 11) is 0. The van der Waals surface area contributed by atoms with Gasteiger partial charge < -0.3 is 0 Å². The predicted octanol–water partition coefficient (Wildman–Crippen LogP) is 0.818. The quantitative estimate of drug-likeness (QED) is 0.346. The van der Waals surface area contributed by atoms with Crippen molar-refractivity contribution in [1.82, 2.24) is 3.11 Å². The van der Waals surface area contributed by atoms with Gasteiger partial charge in [-0.2, -0.15) is 0 Å². The van der Waals surface area contributed by atoms with Gasteiger partial charge in [0, 0.05) is 6.54 Å². The minimum absolute atomic E-state index is 0.0816. The summed E-state index contributed by atoms with van der Waals surface area (Å²) >= 11 is 1.98. The zero-order valence-corrected chi connectivity index (χ0v) is 6.96. The van der Waals surface area contributed by atoms with Crippen LogP contribution in [0.3, 0.4) is 0 Å². The molecule has 1 rings (SSSR count). The molecule has 0 saturated carbocycles. The minimum atomic E-state index is -0.151. The Balaban J connectivity index is 2.65. The highest BCUT2D eigenvalue weighted by atomic mass is 127. The predicted molar refractivity (Wildman–Crippen MR) is 42.7 cm³/mol. The van der Waals surface area contributed by atoms with Crippen molar-refractivity contribution in [3.05, 3.63) is 0 Å². The van der Waals surface area contributed by atoms with Gasteiger partial charge in [-0.05, 0) is 6.42 Å². The summed E-state index contributed by atoms with van der Waals surface area (Å²) in [5.41, 5.74) is 0. The summed E-state index contributed by atoms with van der Waals surface area (Å²) in [6, 6.07) is 0. The summed E-state index contributed by atoms with van der Waals surface area (Å²) < 4.78 is 1.64. The topological polar surface area (TPSA) is 20.3 Å². The molecule has 1 aliphatic rings. The third-order valence-electron chi connectivity index (χ3n) is 1.35. The van der Waals surface area contributed by atoms with Crippen LogP contribution in [0, 0.1) is 18.3 Å². The highest BCUT2D eigenvalue weighted by Crippen LogP contribution is 2.19. The van der Waals surface area contributed by atoms with Crippen LogP contribution in [0.15, 0.2) is 0 Å². The molecule has 0 radical (unpaired) electrons. The van der Waals surface area contributed by atoms with E-state index in [-0.39, 0.29) is 11.8 Å². The monoisotopic (exact) mass is 235 g/mol. The Morgan fingerprint density at radius 1 is 1.89 bits per heavy atom. The zero-order valence-electron chi connectivity index (χ0n) is 4.80. The fraction of sp³-hybridized carbons (Fsp3) is 0.500. The van der Waals surface area contributed by atoms with Gasteiger partial charge in [-0.1, -0.05) is 5.92 Å². The fourth-order valence-electron chi connectivity index (χ4n) is 0.800. The average Bonchev–Trinajstić information content (AvgIpc) is 2.15. The van der Waals surface area contributed by atoms with Crippen LogP contribution in [0.4, 0.5) is 0 Å². The number of halogens is 1. The van der Waals surface area contributed by atoms with Crippen LogP contribution >= 0.6 is 22.9 Å². The first-order chi connectivity index (χ1) is 4.25. The summed E-state index contributed by atoms with van der Waals surface area (Å²) in [6.07, 6.45) is 5.90. The molecule has 1 amide bonds. The second-order valence-corrected chi connectivity index (χ2v) is 3.10. The van der Waals surface area contributed by atoms with Crippen LogP contribution in [0.5, 0.6) is 0 Å². The van der Waals surface area contributed by atoms with Gasteiger partial charge in [0.25, 0.3) is 0 Å². The van der Waals surface area contributed by atoms with Gasteiger partial charge in [0.15, 0.2) is 0 Å². The molecule has 0 spiro atoms. The molecule has 1 heterocycles. The number of amides is 1. The fourth-order valence-corrected chi connectivity index (χ4v) is 1.41. The number of carbonyl (C=O) groups excluding carboxylic acids is 1. The minimum Gasteiger partial charge on any atom is -0.284 e. The summed E-state index contributed by atoms with van der Waals surface area (Å²) in [5.74, 6) is 2.38. The summed E-state index contributed by atoms with van der Waals surface area (Å²) in [6.45, 7) is 0.800. The molecular weight excluding hydrogens is 229 g/mol. The lowest BCUT2D eigenvalue weighted by molar-refractivity contribution is -0.124. The standard InChI is InChI=1S/C6H6INO/c1-2-5-3-4-8(7)6(5)9/h1,5H,3-4H2/t5-/m0/s1. The van der Waals surface area contributed by atoms with E-state index in [0.717, 1.165) is 13.0 Å². The third-order valence-corrected chi connectivity index (χ3v) is 2.31. The highest BCUT2D eigenvalue weighted by molar-refractivity contribution is 14.1. The van der Waals surface area contributed by atoms with E-state index < -0.39 is 0 Å². The van der Waals surface area contributed by atoms with E-state index in [0.29, 0.717) is 0 Å². The van der Waals surface area contributed by atoms with E-state index in [2.05, 4.69) is 5.92 Å². The van der Waals surface area contributed by atoms with E-state index in [1.807, 2.05) is 22.9 Å². The van der Waals surface area contributed by atoms with Crippen molar-refractivity contribution in [1.29, 1.82) is 0 Å². The normalized spacial score (nSPS) is 26.4. The van der Waals surface area contributed by atoms with Crippen molar-refractivity contribution in [3.63, 3.8) is 0 Å². The third kappa shape index (κ3) is 1.18. The van der Waals surface area contributed by atoms with Gasteiger partial charge in [0.2, 0.25) is 5.91 Å². The number of rotatable bonds is 0. The molecule has 0 aromatic carbocycles. The molecule has 1 aliphatic heterocycles. The molecule has 1 fully saturated rings. The van der Waals surface area contributed by atoms with Crippen LogP contribution in [-0.2, 0) is 4.79 Å². The lowest BCUT2D eigenvalue weighted by Gasteiger charge is -2.01. The van der Waals surface area contributed by atoms with Crippen LogP contribution in [0.1, 0.15) is 6.42 Å². The summed E-state index contributed by atoms with van der Waals surface area (Å²) in [5, 5.41) is 0. The Labute approximate surface area is 68.1 Å². The van der Waals surface area contributed by atoms with E-state index in [1.165, 1.54) is 0 Å². The van der Waals surface area contributed by atoms with E-state index in [1.54, 1.807) is 3.11 Å². The molecule has 0 N–H and O–H groups in total. The van der Waals surface area contributed by atoms with Gasteiger partial charge in [-0.15, -0.1) is 6.42 Å². The van der Waals surface area contributed by atoms with Gasteiger partial charge >= 0.3 is 0 Å². The summed E-state index contributed by atoms with van der Waals surface area (Å²) in [4.78, 5) is 10.9. The molecule has 1 saturated heterocycles. The Morgan fingerprint density at radius 2 is 2.56 bits per heavy atom. The molecule has 0 aromatic rings. The maximum atomic E-state index is 10.9. The Kier molecular flexibility index (Phi) is 1.96. The molecule has 2 nitrogen and oxygen atoms in total. The largest absolute Gasteiger partial charge is 0.284 e. The van der Waals surface area contributed by atoms with Crippen molar-refractivity contribution in [2.45, 2.75) is 6.42 Å². The van der Waals surface area contributed by atoms with Crippen molar-refractivity contribution < 1.29 is 4.79 Å². The van der Waals surface area contributed by atoms with Crippen molar-refractivity contribution in [2.75, 3.05) is 6.54 Å². The molecule has 48 valence electrons. The van der Waals surface area contributed by atoms with Crippen LogP contribution in [0.25, 0.3) is 0 Å². The average molecular weight is 235 g/mol. The van der Waals surface area contributed by atoms with E-state index in [9.17, 15) is 4.79 Å². The molecule has 3 heteroatoms. The van der Waals surface area contributed by atoms with E-state index in [4.69, 9.17) is 6.42 Å². The highest BCUT2D eigenvalue weighted by Gasteiger charge is 2.27. The van der Waals surface area contributed by atoms with Gasteiger partial charge in [-0.3, -0.25) is 7.91 Å². The first kappa shape index (κ1) is 6.87. The number of hydrogen-bond donors (Lipinski definition) is 0. The van der Waals surface area contributed by atoms with Crippen molar-refractivity contribution in [2.24, 2.45) is 5.92 Å². The second-order valence-electron chi connectivity index (χ2n) is 1.93. The number of nitrogens with zero attached hydrogens (tertiary/aromatic N) is 1. The molecular formula is C6H6INO. The SMILES string of the molecule is C#C[C@H]1CCN(I)C1=O. The number of carbonyl (C=O) groups is 1. The first-order valence-electron chi connectivity index (χ1n) is 2.69. The van der Waals surface area contributed by atoms with Crippen LogP contribution < -0.4 is 0 Å². The molecule has 9 heavy (non-hydrogen) atoms. The van der Waals surface area contributed by atoms with Gasteiger partial charge in [0.1, 0.15) is 5.92 Å². The maximum absolute atomic E-state index is 10.9. The van der Waals surface area contributed by atoms with Crippen LogP contribution in [0.2, 0.25) is 0 Å². The first-order valence-corrected chi connectivity index (χ1v) is 3.65. The molecule has 0 unspecified atom stereocenters. The molecule has 0 bridgehead atoms. The maximum Gasteiger partial charge on any atom is 0.246 e. The van der Waals surface area contributed by atoms with Crippen molar-refractivity contribution >= 4 is 28.8 Å². The Morgan fingerprint density at radius 3 is 2.78 bits per heavy atom. The lowest BCUT2D eigenvalue weighted by atomic mass is 10.1. The Bertz CT molecular complexity index is 172. The second kappa shape index (κ2) is 2.56. The molecule has 1 atom stereocenters. The van der Waals surface area contributed by atoms with E-state index >= 15 is 0 Å². The van der Waals surface area contributed by atoms with Gasteiger partial charge in [-0.25, -0.2) is 0 Å².